The van der Waals surface area contributed by atoms with E-state index < -0.39 is 0 Å². The molecule has 0 radical (unpaired) electrons. The molecule has 13 heteroatoms. The Morgan fingerprint density at radius 3 is 2.00 bits per heavy atom. The summed E-state index contributed by atoms with van der Waals surface area (Å²) in [5.74, 6) is 5.83. The number of hydrogen-bond acceptors (Lipinski definition) is 8. The number of benzene rings is 3. The lowest BCUT2D eigenvalue weighted by Gasteiger charge is -2.10. The van der Waals surface area contributed by atoms with Gasteiger partial charge in [-0.25, -0.2) is 10.8 Å². The molecule has 11 nitrogen and oxygen atoms in total. The summed E-state index contributed by atoms with van der Waals surface area (Å²) in [7, 11) is 0. The molecule has 3 aromatic carbocycles. The van der Waals surface area contributed by atoms with E-state index in [0.29, 0.717) is 28.2 Å². The maximum atomic E-state index is 12.8. The number of nitrogens with one attached hydrogen (secondary N) is 2. The zero-order chi connectivity index (χ0) is 30.5. The number of nitrogens with two attached hydrogens (primary N) is 1. The quantitative estimate of drug-likeness (QED) is 0.127. The van der Waals surface area contributed by atoms with Gasteiger partial charge in [0.15, 0.2) is 0 Å². The van der Waals surface area contributed by atoms with Crippen LogP contribution in [0.1, 0.15) is 16.7 Å². The first-order chi connectivity index (χ1) is 20.8. The van der Waals surface area contributed by atoms with Gasteiger partial charge in [0.2, 0.25) is 17.4 Å². The molecule has 44 heavy (non-hydrogen) atoms. The van der Waals surface area contributed by atoms with Crippen LogP contribution in [0.4, 0.5) is 11.8 Å². The molecule has 0 aliphatic rings. The van der Waals surface area contributed by atoms with Gasteiger partial charge < -0.3 is 18.2 Å². The molecule has 0 atom stereocenters. The van der Waals surface area contributed by atoms with E-state index in [-0.39, 0.29) is 30.0 Å². The van der Waals surface area contributed by atoms with Crippen LogP contribution in [0.5, 0.6) is 0 Å². The Labute approximate surface area is 263 Å². The number of rotatable bonds is 6. The van der Waals surface area contributed by atoms with Crippen LogP contribution in [0.25, 0.3) is 17.0 Å². The molecule has 226 valence electrons. The molecule has 0 saturated carbocycles. The van der Waals surface area contributed by atoms with Crippen molar-refractivity contribution in [3.05, 3.63) is 146 Å². The van der Waals surface area contributed by atoms with Gasteiger partial charge in [-0.2, -0.15) is 0 Å². The minimum absolute atomic E-state index is 0. The second-order valence-corrected chi connectivity index (χ2v) is 10.2. The highest BCUT2D eigenvalue weighted by molar-refractivity contribution is 6.31. The van der Waals surface area contributed by atoms with Gasteiger partial charge in [-0.1, -0.05) is 65.7 Å². The Kier molecular flexibility index (Phi) is 10.2. The summed E-state index contributed by atoms with van der Waals surface area (Å²) in [6.45, 7) is 4.32. The third-order valence-electron chi connectivity index (χ3n) is 6.74. The van der Waals surface area contributed by atoms with Crippen molar-refractivity contribution in [3.63, 3.8) is 0 Å². The number of nitrogens with zero attached hydrogens (tertiary/aromatic N) is 6. The summed E-state index contributed by atoms with van der Waals surface area (Å²) in [6.07, 6.45) is 6.54. The number of hydrogen-bond donors (Lipinski definition) is 3. The molecule has 0 aliphatic carbocycles. The first-order valence-electron chi connectivity index (χ1n) is 13.1. The van der Waals surface area contributed by atoms with E-state index in [1.807, 2.05) is 62.4 Å². The molecule has 4 N–H and O–H groups in total. The highest BCUT2D eigenvalue weighted by Crippen LogP contribution is 2.22. The molecule has 6 rings (SSSR count). The van der Waals surface area contributed by atoms with Gasteiger partial charge in [0.25, 0.3) is 5.56 Å². The third-order valence-corrected chi connectivity index (χ3v) is 7.56. The van der Waals surface area contributed by atoms with Crippen molar-refractivity contribution in [1.82, 2.24) is 28.7 Å². The van der Waals surface area contributed by atoms with Crippen LogP contribution < -0.4 is 27.7 Å². The van der Waals surface area contributed by atoms with Crippen LogP contribution in [0.3, 0.4) is 0 Å². The van der Waals surface area contributed by atoms with Gasteiger partial charge in [-0.15, -0.1) is 10.2 Å². The standard InChI is InChI=1S/C19H16ClN5O.C11H11ClN4O.CH3/c1-13-15(20)8-5-9-16(13)24-10-11-25-17(18(24)26)22-23-19(25)21-12-14-6-3-2-4-7-14;1-7-8(12)3-2-4-9(7)16-6-5-14-10(15-13)11(16)17;/h2-11H,12H2,1H3,(H,21,23);2-6H,13H2,1H3,(H,14,15);1H3/q;;-1. The summed E-state index contributed by atoms with van der Waals surface area (Å²) in [6, 6.07) is 20.8. The van der Waals surface area contributed by atoms with Gasteiger partial charge in [0.1, 0.15) is 0 Å². The molecule has 0 saturated heterocycles. The second-order valence-electron chi connectivity index (χ2n) is 9.39. The fraction of sp³-hybridized carbons (Fsp3) is 0.0968. The summed E-state index contributed by atoms with van der Waals surface area (Å²) < 4.78 is 4.64. The first-order valence-corrected chi connectivity index (χ1v) is 13.8. The number of nitrogen functional groups attached to an aromatic ring is 1. The lowest BCUT2D eigenvalue weighted by molar-refractivity contribution is 0.938. The van der Waals surface area contributed by atoms with Crippen molar-refractivity contribution in [1.29, 1.82) is 0 Å². The summed E-state index contributed by atoms with van der Waals surface area (Å²) in [5.41, 5.74) is 6.16. The number of fused-ring (bicyclic) bond motifs is 1. The Morgan fingerprint density at radius 2 is 1.39 bits per heavy atom. The van der Waals surface area contributed by atoms with Crippen molar-refractivity contribution in [2.75, 3.05) is 10.7 Å². The van der Waals surface area contributed by atoms with E-state index in [0.717, 1.165) is 22.4 Å². The minimum Gasteiger partial charge on any atom is -0.358 e. The Bertz CT molecular complexity index is 2020. The van der Waals surface area contributed by atoms with Crippen LogP contribution in [0, 0.1) is 21.3 Å². The predicted octanol–water partition coefficient (Wildman–Crippen LogP) is 5.38. The Morgan fingerprint density at radius 1 is 0.773 bits per heavy atom. The number of aromatic nitrogens is 6. The van der Waals surface area contributed by atoms with Crippen LogP contribution in [0.2, 0.25) is 10.0 Å². The minimum atomic E-state index is -0.319. The Balaban J connectivity index is 0.000000214. The lowest BCUT2D eigenvalue weighted by atomic mass is 10.2. The molecule has 0 spiro atoms. The normalized spacial score (nSPS) is 10.5. The largest absolute Gasteiger partial charge is 0.358 e. The number of halogens is 2. The third kappa shape index (κ3) is 6.50. The van der Waals surface area contributed by atoms with Crippen molar-refractivity contribution in [2.24, 2.45) is 5.84 Å². The summed E-state index contributed by atoms with van der Waals surface area (Å²) in [5, 5.41) is 12.6. The van der Waals surface area contributed by atoms with Crippen LogP contribution in [-0.4, -0.2) is 28.7 Å². The van der Waals surface area contributed by atoms with Crippen molar-refractivity contribution < 1.29 is 0 Å². The smallest absolute Gasteiger partial charge is 0.300 e. The fourth-order valence-electron chi connectivity index (χ4n) is 4.39. The van der Waals surface area contributed by atoms with Gasteiger partial charge >= 0.3 is 5.56 Å². The van der Waals surface area contributed by atoms with Crippen molar-refractivity contribution in [2.45, 2.75) is 20.4 Å². The number of anilines is 2. The fourth-order valence-corrected chi connectivity index (χ4v) is 4.73. The molecule has 3 aromatic heterocycles. The number of hydrazine groups is 1. The van der Waals surface area contributed by atoms with E-state index in [1.54, 1.807) is 41.2 Å². The topological polar surface area (TPSA) is 137 Å². The molecule has 0 bridgehead atoms. The average molecular weight is 632 g/mol. The van der Waals surface area contributed by atoms with E-state index in [9.17, 15) is 9.59 Å². The van der Waals surface area contributed by atoms with E-state index in [4.69, 9.17) is 29.0 Å². The van der Waals surface area contributed by atoms with Crippen LogP contribution in [-0.2, 0) is 6.54 Å². The maximum Gasteiger partial charge on any atom is 0.300 e. The predicted molar refractivity (Wildman–Crippen MR) is 176 cm³/mol. The van der Waals surface area contributed by atoms with E-state index >= 15 is 0 Å². The van der Waals surface area contributed by atoms with E-state index in [1.165, 1.54) is 15.3 Å². The Hall–Kier alpha value is -4.97. The first kappa shape index (κ1) is 32.0. The highest BCUT2D eigenvalue weighted by atomic mass is 35.5. The van der Waals surface area contributed by atoms with Crippen LogP contribution in [0.15, 0.2) is 101 Å². The second kappa shape index (κ2) is 14.0. The van der Waals surface area contributed by atoms with Gasteiger partial charge in [-0.3, -0.25) is 23.1 Å². The molecule has 6 aromatic rings. The monoisotopic (exact) mass is 630 g/mol. The highest BCUT2D eigenvalue weighted by Gasteiger charge is 2.13. The molecule has 0 fully saturated rings. The molecule has 0 unspecified atom stereocenters. The summed E-state index contributed by atoms with van der Waals surface area (Å²) >= 11 is 12.2. The van der Waals surface area contributed by atoms with Crippen molar-refractivity contribution >= 4 is 40.6 Å². The molecular weight excluding hydrogens is 601 g/mol. The zero-order valence-corrected chi connectivity index (χ0v) is 25.7. The average Bonchev–Trinajstić information content (AvgIpc) is 3.44. The lowest BCUT2D eigenvalue weighted by Crippen LogP contribution is -2.26. The van der Waals surface area contributed by atoms with Crippen LogP contribution >= 0.6 is 23.2 Å². The van der Waals surface area contributed by atoms with Gasteiger partial charge in [-0.05, 0) is 54.8 Å². The zero-order valence-electron chi connectivity index (χ0n) is 24.2. The molecule has 0 aliphatic heterocycles. The van der Waals surface area contributed by atoms with Gasteiger partial charge in [0, 0.05) is 41.4 Å². The van der Waals surface area contributed by atoms with Gasteiger partial charge in [0.05, 0.1) is 11.4 Å². The molecule has 0 amide bonds. The molecular formula is C31H30Cl2N9O2-. The maximum absolute atomic E-state index is 12.8. The van der Waals surface area contributed by atoms with Crippen molar-refractivity contribution in [3.8, 4) is 11.4 Å². The summed E-state index contributed by atoms with van der Waals surface area (Å²) in [4.78, 5) is 28.7. The molecule has 3 heterocycles. The van der Waals surface area contributed by atoms with E-state index in [2.05, 4.69) is 25.9 Å². The SMILES string of the molecule is Cc1c(Cl)cccc1-n1ccn2c(NCc3ccccc3)nnc2c1=O.Cc1c(Cl)cccc1-n1ccnc(NN)c1=O.[CH3-].